The van der Waals surface area contributed by atoms with Gasteiger partial charge in [0.1, 0.15) is 18.1 Å². The molecule has 0 aliphatic carbocycles. The number of nitrogens with one attached hydrogen (secondary N) is 1. The second kappa shape index (κ2) is 9.27. The summed E-state index contributed by atoms with van der Waals surface area (Å²) in [7, 11) is 2.15. The molecule has 1 saturated heterocycles. The summed E-state index contributed by atoms with van der Waals surface area (Å²) in [4.78, 5) is 17.3. The molecule has 6 heteroatoms. The molecular weight excluding hydrogens is 390 g/mol. The van der Waals surface area contributed by atoms with E-state index in [-0.39, 0.29) is 18.3 Å². The second-order valence-electron chi connectivity index (χ2n) is 8.11. The minimum atomic E-state index is -0.270. The highest BCUT2D eigenvalue weighted by Gasteiger charge is 2.17. The van der Waals surface area contributed by atoms with Crippen molar-refractivity contribution in [2.75, 3.05) is 43.4 Å². The number of aryl methyl sites for hydroxylation is 2. The largest absolute Gasteiger partial charge is 0.486 e. The maximum absolute atomic E-state index is 12.6. The van der Waals surface area contributed by atoms with Gasteiger partial charge in [0.05, 0.1) is 0 Å². The molecule has 0 atom stereocenters. The number of piperazine rings is 1. The molecule has 0 spiro atoms. The van der Waals surface area contributed by atoms with E-state index in [0.717, 1.165) is 43.2 Å². The second-order valence-corrected chi connectivity index (χ2v) is 8.11. The van der Waals surface area contributed by atoms with Crippen LogP contribution in [0.15, 0.2) is 59.0 Å². The van der Waals surface area contributed by atoms with E-state index >= 15 is 0 Å². The van der Waals surface area contributed by atoms with Crippen LogP contribution >= 0.6 is 0 Å². The Balaban J connectivity index is 1.35. The lowest BCUT2D eigenvalue weighted by Gasteiger charge is -2.35. The number of amides is 1. The van der Waals surface area contributed by atoms with E-state index in [1.807, 2.05) is 43.3 Å². The molecule has 1 aliphatic heterocycles. The van der Waals surface area contributed by atoms with Gasteiger partial charge in [0.15, 0.2) is 5.76 Å². The fraction of sp³-hybridized carbons (Fsp3) is 0.320. The molecule has 2 heterocycles. The highest BCUT2D eigenvalue weighted by atomic mass is 16.5. The average Bonchev–Trinajstić information content (AvgIpc) is 3.24. The number of likely N-dealkylation sites (N-methyl/N-ethyl adjacent to an activating group) is 1. The number of furan rings is 1. The molecule has 0 bridgehead atoms. The summed E-state index contributed by atoms with van der Waals surface area (Å²) in [6.45, 7) is 8.54. The first-order valence-electron chi connectivity index (χ1n) is 10.6. The molecule has 31 heavy (non-hydrogen) atoms. The van der Waals surface area contributed by atoms with E-state index < -0.39 is 0 Å². The zero-order chi connectivity index (χ0) is 21.8. The quantitative estimate of drug-likeness (QED) is 0.638. The van der Waals surface area contributed by atoms with Crippen molar-refractivity contribution < 1.29 is 13.9 Å². The van der Waals surface area contributed by atoms with Gasteiger partial charge in [-0.25, -0.2) is 0 Å². The minimum Gasteiger partial charge on any atom is -0.486 e. The van der Waals surface area contributed by atoms with E-state index in [4.69, 9.17) is 9.15 Å². The fourth-order valence-electron chi connectivity index (χ4n) is 3.69. The molecule has 1 N–H and O–H groups in total. The van der Waals surface area contributed by atoms with Gasteiger partial charge in [0, 0.05) is 37.6 Å². The summed E-state index contributed by atoms with van der Waals surface area (Å²) in [5.74, 6) is 1.37. The van der Waals surface area contributed by atoms with Crippen LogP contribution in [0, 0.1) is 13.8 Å². The molecule has 0 radical (unpaired) electrons. The summed E-state index contributed by atoms with van der Waals surface area (Å²) in [5.41, 5.74) is 4.30. The van der Waals surface area contributed by atoms with E-state index in [2.05, 4.69) is 35.2 Å². The number of nitrogens with zero attached hydrogens (tertiary/aromatic N) is 2. The summed E-state index contributed by atoms with van der Waals surface area (Å²) in [6.07, 6.45) is 0. The maximum Gasteiger partial charge on any atom is 0.291 e. The molecular formula is C25H29N3O3. The Morgan fingerprint density at radius 3 is 2.45 bits per heavy atom. The Morgan fingerprint density at radius 1 is 1.00 bits per heavy atom. The van der Waals surface area contributed by atoms with Gasteiger partial charge in [-0.15, -0.1) is 0 Å². The van der Waals surface area contributed by atoms with Crippen LogP contribution in [0.5, 0.6) is 5.75 Å². The van der Waals surface area contributed by atoms with Crippen LogP contribution in [0.3, 0.4) is 0 Å². The molecule has 1 aromatic heterocycles. The molecule has 4 rings (SSSR count). The first-order valence-corrected chi connectivity index (χ1v) is 10.6. The number of rotatable bonds is 6. The lowest BCUT2D eigenvalue weighted by Crippen LogP contribution is -2.44. The van der Waals surface area contributed by atoms with Crippen molar-refractivity contribution in [3.8, 4) is 5.75 Å². The lowest BCUT2D eigenvalue weighted by atomic mass is 10.1. The van der Waals surface area contributed by atoms with Crippen LogP contribution in [0.2, 0.25) is 0 Å². The Kier molecular flexibility index (Phi) is 6.28. The van der Waals surface area contributed by atoms with Gasteiger partial charge in [-0.1, -0.05) is 17.7 Å². The highest BCUT2D eigenvalue weighted by molar-refractivity contribution is 6.02. The van der Waals surface area contributed by atoms with Crippen molar-refractivity contribution in [2.24, 2.45) is 0 Å². The topological polar surface area (TPSA) is 58.0 Å². The molecule has 0 unspecified atom stereocenters. The standard InChI is InChI=1S/C25H29N3O3/c1-18-4-7-21(8-5-18)30-17-22-9-11-24(31-22)25(29)26-20-6-10-23(19(2)16-20)28-14-12-27(3)13-15-28/h4-11,16H,12-15,17H2,1-3H3,(H,26,29). The third kappa shape index (κ3) is 5.27. The smallest absolute Gasteiger partial charge is 0.291 e. The zero-order valence-corrected chi connectivity index (χ0v) is 18.4. The van der Waals surface area contributed by atoms with Crippen molar-refractivity contribution in [1.29, 1.82) is 0 Å². The first kappa shape index (κ1) is 21.0. The third-order valence-electron chi connectivity index (χ3n) is 5.59. The third-order valence-corrected chi connectivity index (χ3v) is 5.59. The summed E-state index contributed by atoms with van der Waals surface area (Å²) in [5, 5.41) is 2.93. The maximum atomic E-state index is 12.6. The normalized spacial score (nSPS) is 14.5. The van der Waals surface area contributed by atoms with Gasteiger partial charge < -0.3 is 24.3 Å². The van der Waals surface area contributed by atoms with Crippen LogP contribution in [0.4, 0.5) is 11.4 Å². The number of benzene rings is 2. The number of ether oxygens (including phenoxy) is 1. The van der Waals surface area contributed by atoms with Gasteiger partial charge in [-0.3, -0.25) is 4.79 Å². The van der Waals surface area contributed by atoms with Crippen molar-refractivity contribution >= 4 is 17.3 Å². The number of carbonyl (C=O) groups is 1. The van der Waals surface area contributed by atoms with Crippen LogP contribution in [0.25, 0.3) is 0 Å². The van der Waals surface area contributed by atoms with Gasteiger partial charge in [-0.05, 0) is 68.9 Å². The Hall–Kier alpha value is -3.25. The first-order chi connectivity index (χ1) is 15.0. The summed E-state index contributed by atoms with van der Waals surface area (Å²) < 4.78 is 11.4. The predicted octanol–water partition coefficient (Wildman–Crippen LogP) is 4.48. The highest BCUT2D eigenvalue weighted by Crippen LogP contribution is 2.25. The van der Waals surface area contributed by atoms with E-state index in [1.165, 1.54) is 11.3 Å². The van der Waals surface area contributed by atoms with Crippen molar-refractivity contribution in [2.45, 2.75) is 20.5 Å². The number of hydrogen-bond donors (Lipinski definition) is 1. The van der Waals surface area contributed by atoms with Crippen LogP contribution in [0.1, 0.15) is 27.4 Å². The summed E-state index contributed by atoms with van der Waals surface area (Å²) in [6, 6.07) is 17.3. The lowest BCUT2D eigenvalue weighted by molar-refractivity contribution is 0.0992. The van der Waals surface area contributed by atoms with Gasteiger partial charge in [-0.2, -0.15) is 0 Å². The number of anilines is 2. The fourth-order valence-corrected chi connectivity index (χ4v) is 3.69. The number of carbonyl (C=O) groups excluding carboxylic acids is 1. The Labute approximate surface area is 183 Å². The molecule has 0 saturated carbocycles. The van der Waals surface area contributed by atoms with E-state index in [9.17, 15) is 4.79 Å². The van der Waals surface area contributed by atoms with Crippen LogP contribution in [-0.4, -0.2) is 44.0 Å². The van der Waals surface area contributed by atoms with Gasteiger partial charge in [0.2, 0.25) is 0 Å². The zero-order valence-electron chi connectivity index (χ0n) is 18.4. The Bertz CT molecular complexity index is 1030. The van der Waals surface area contributed by atoms with E-state index in [1.54, 1.807) is 12.1 Å². The Morgan fingerprint density at radius 2 is 1.74 bits per heavy atom. The van der Waals surface area contributed by atoms with Crippen LogP contribution < -0.4 is 15.0 Å². The molecule has 3 aromatic rings. The van der Waals surface area contributed by atoms with E-state index in [0.29, 0.717) is 5.76 Å². The molecule has 2 aromatic carbocycles. The van der Waals surface area contributed by atoms with Crippen molar-refractivity contribution in [3.05, 3.63) is 77.2 Å². The van der Waals surface area contributed by atoms with Crippen molar-refractivity contribution in [1.82, 2.24) is 4.90 Å². The average molecular weight is 420 g/mol. The SMILES string of the molecule is Cc1ccc(OCc2ccc(C(=O)Nc3ccc(N4CCN(C)CC4)c(C)c3)o2)cc1. The monoisotopic (exact) mass is 419 g/mol. The number of hydrogen-bond acceptors (Lipinski definition) is 5. The predicted molar refractivity (Wildman–Crippen MR) is 123 cm³/mol. The van der Waals surface area contributed by atoms with Gasteiger partial charge in [0.25, 0.3) is 5.91 Å². The molecule has 1 amide bonds. The molecule has 1 fully saturated rings. The minimum absolute atomic E-state index is 0.267. The molecule has 1 aliphatic rings. The van der Waals surface area contributed by atoms with Gasteiger partial charge >= 0.3 is 0 Å². The molecule has 162 valence electrons. The summed E-state index contributed by atoms with van der Waals surface area (Å²) >= 11 is 0. The molecule has 6 nitrogen and oxygen atoms in total. The van der Waals surface area contributed by atoms with Crippen molar-refractivity contribution in [3.63, 3.8) is 0 Å². The van der Waals surface area contributed by atoms with Crippen LogP contribution in [-0.2, 0) is 6.61 Å².